The minimum absolute atomic E-state index is 0.00798. The first-order chi connectivity index (χ1) is 16.2. The molecule has 0 aromatic heterocycles. The number of nitrogens with zero attached hydrogens (tertiary/aromatic N) is 1. The van der Waals surface area contributed by atoms with Crippen molar-refractivity contribution < 1.29 is 42.2 Å². The molecule has 0 saturated heterocycles. The maximum Gasteiger partial charge on any atom is 0.490 e. The average Bonchev–Trinajstić information content (AvgIpc) is 3.21. The highest BCUT2D eigenvalue weighted by atomic mass is 19.4. The van der Waals surface area contributed by atoms with E-state index in [1.54, 1.807) is 12.1 Å². The van der Waals surface area contributed by atoms with Gasteiger partial charge in [-0.3, -0.25) is 15.0 Å². The first-order valence-corrected chi connectivity index (χ1v) is 10.6. The number of methoxy groups -OCH3 is 1. The molecule has 194 valence electrons. The molecule has 2 atom stereocenters. The van der Waals surface area contributed by atoms with Crippen molar-refractivity contribution in [3.05, 3.63) is 35.4 Å². The number of carbonyl (C=O) groups is 3. The molecule has 0 saturated carbocycles. The minimum atomic E-state index is -5.08. The highest BCUT2D eigenvalue weighted by Crippen LogP contribution is 2.20. The number of benzene rings is 1. The predicted octanol–water partition coefficient (Wildman–Crippen LogP) is 2.58. The zero-order valence-electron chi connectivity index (χ0n) is 19.5. The Morgan fingerprint density at radius 3 is 2.31 bits per heavy atom. The van der Waals surface area contributed by atoms with Crippen LogP contribution < -0.4 is 11.1 Å². The number of hydrogen-bond donors (Lipinski definition) is 4. The number of carbonyl (C=O) groups excluding carboxylic acids is 2. The summed E-state index contributed by atoms with van der Waals surface area (Å²) in [5, 5.41) is 21.5. The second-order valence-corrected chi connectivity index (χ2v) is 8.14. The van der Waals surface area contributed by atoms with E-state index in [2.05, 4.69) is 10.5 Å². The Labute approximate surface area is 200 Å². The van der Waals surface area contributed by atoms with E-state index in [1.165, 1.54) is 7.11 Å². The summed E-state index contributed by atoms with van der Waals surface area (Å²) in [5.41, 5.74) is 7.72. The number of hydrogen-bond acceptors (Lipinski definition) is 7. The Morgan fingerprint density at radius 1 is 1.29 bits per heavy atom. The number of carboxylic acid groups (broad SMARTS) is 1. The summed E-state index contributed by atoms with van der Waals surface area (Å²) in [5.74, 6) is -2.93. The van der Waals surface area contributed by atoms with Gasteiger partial charge in [-0.15, -0.1) is 0 Å². The first kappa shape index (κ1) is 29.4. The van der Waals surface area contributed by atoms with Crippen molar-refractivity contribution in [2.24, 2.45) is 16.8 Å². The van der Waals surface area contributed by atoms with Crippen molar-refractivity contribution in [1.82, 2.24) is 5.32 Å². The highest BCUT2D eigenvalue weighted by Gasteiger charge is 2.38. The molecule has 10 nitrogen and oxygen atoms in total. The third-order valence-electron chi connectivity index (χ3n) is 4.68. The molecule has 1 unspecified atom stereocenters. The zero-order valence-corrected chi connectivity index (χ0v) is 19.5. The summed E-state index contributed by atoms with van der Waals surface area (Å²) in [6, 6.07) is 6.90. The molecule has 0 bridgehead atoms. The van der Waals surface area contributed by atoms with Crippen molar-refractivity contribution in [1.29, 1.82) is 5.41 Å². The second kappa shape index (κ2) is 13.3. The van der Waals surface area contributed by atoms with Crippen LogP contribution in [0.2, 0.25) is 0 Å². The summed E-state index contributed by atoms with van der Waals surface area (Å²) in [4.78, 5) is 38.2. The van der Waals surface area contributed by atoms with Gasteiger partial charge in [0.25, 0.3) is 0 Å². The number of amides is 1. The van der Waals surface area contributed by atoms with Crippen molar-refractivity contribution in [2.75, 3.05) is 7.11 Å². The third kappa shape index (κ3) is 10.9. The number of rotatable bonds is 9. The van der Waals surface area contributed by atoms with Crippen molar-refractivity contribution in [2.45, 2.75) is 57.9 Å². The van der Waals surface area contributed by atoms with Crippen LogP contribution in [0, 0.1) is 11.3 Å². The van der Waals surface area contributed by atoms with Crippen LogP contribution in [0.1, 0.15) is 50.7 Å². The normalized spacial score (nSPS) is 15.7. The fourth-order valence-electron chi connectivity index (χ4n) is 3.09. The van der Waals surface area contributed by atoms with E-state index in [9.17, 15) is 22.8 Å². The van der Waals surface area contributed by atoms with E-state index >= 15 is 0 Å². The number of nitrogen functional groups attached to an aromatic ring is 1. The monoisotopic (exact) mass is 502 g/mol. The topological polar surface area (TPSA) is 164 Å². The van der Waals surface area contributed by atoms with Gasteiger partial charge < -0.3 is 25.7 Å². The average molecular weight is 502 g/mol. The SMILES string of the molecule is COC(=O)C[C@@H](CC(C)C)NC(=O)CC1CC(c2ccc(C(=N)N)cc2)=NO1.O=C(O)C(F)(F)F. The molecule has 13 heteroatoms. The largest absolute Gasteiger partial charge is 0.490 e. The maximum absolute atomic E-state index is 12.4. The van der Waals surface area contributed by atoms with E-state index in [1.807, 2.05) is 26.0 Å². The van der Waals surface area contributed by atoms with E-state index in [-0.39, 0.29) is 42.7 Å². The van der Waals surface area contributed by atoms with Gasteiger partial charge in [0.1, 0.15) is 11.9 Å². The van der Waals surface area contributed by atoms with Crippen LogP contribution in [-0.2, 0) is 24.0 Å². The standard InChI is InChI=1S/C20H28N4O4.C2HF3O2/c1-12(2)8-15(9-19(26)27-3)23-18(25)11-16-10-17(24-28-16)13-4-6-14(7-5-13)20(21)22;3-2(4,5)1(6)7/h4-7,12,15-16H,8-11H2,1-3H3,(H3,21,22)(H,23,25);(H,6,7)/t15-,16?;/m1./s1. The number of nitrogens with two attached hydrogens (primary N) is 1. The van der Waals surface area contributed by atoms with Gasteiger partial charge in [0.15, 0.2) is 0 Å². The molecule has 35 heavy (non-hydrogen) atoms. The Balaban J connectivity index is 0.000000762. The van der Waals surface area contributed by atoms with Crippen molar-refractivity contribution in [3.8, 4) is 0 Å². The van der Waals surface area contributed by atoms with Gasteiger partial charge in [-0.25, -0.2) is 4.79 Å². The van der Waals surface area contributed by atoms with E-state index in [0.29, 0.717) is 24.3 Å². The molecule has 1 amide bonds. The number of carboxylic acids is 1. The fourth-order valence-corrected chi connectivity index (χ4v) is 3.09. The van der Waals surface area contributed by atoms with Gasteiger partial charge in [0.05, 0.1) is 25.7 Å². The van der Waals surface area contributed by atoms with Gasteiger partial charge in [-0.2, -0.15) is 13.2 Å². The quantitative estimate of drug-likeness (QED) is 0.229. The lowest BCUT2D eigenvalue weighted by molar-refractivity contribution is -0.192. The number of alkyl halides is 3. The van der Waals surface area contributed by atoms with Crippen LogP contribution in [-0.4, -0.2) is 59.9 Å². The Kier molecular flexibility index (Phi) is 11.2. The second-order valence-electron chi connectivity index (χ2n) is 8.14. The number of aliphatic carboxylic acids is 1. The van der Waals surface area contributed by atoms with E-state index in [0.717, 1.165) is 11.3 Å². The van der Waals surface area contributed by atoms with Gasteiger partial charge in [-0.05, 0) is 17.9 Å². The predicted molar refractivity (Wildman–Crippen MR) is 120 cm³/mol. The van der Waals surface area contributed by atoms with E-state index < -0.39 is 12.1 Å². The summed E-state index contributed by atoms with van der Waals surface area (Å²) >= 11 is 0. The van der Waals surface area contributed by atoms with Crippen LogP contribution in [0.15, 0.2) is 29.4 Å². The molecule has 1 heterocycles. The minimum Gasteiger partial charge on any atom is -0.475 e. The fraction of sp³-hybridized carbons (Fsp3) is 0.500. The Hall–Kier alpha value is -3.64. The molecular weight excluding hydrogens is 473 g/mol. The number of nitrogens with one attached hydrogen (secondary N) is 2. The number of esters is 1. The van der Waals surface area contributed by atoms with Gasteiger partial charge >= 0.3 is 18.1 Å². The molecule has 1 aliphatic heterocycles. The first-order valence-electron chi connectivity index (χ1n) is 10.6. The summed E-state index contributed by atoms with van der Waals surface area (Å²) in [6.07, 6.45) is -3.92. The number of amidine groups is 1. The maximum atomic E-state index is 12.4. The lowest BCUT2D eigenvalue weighted by Crippen LogP contribution is -2.39. The molecule has 0 aliphatic carbocycles. The molecule has 0 spiro atoms. The lowest BCUT2D eigenvalue weighted by Gasteiger charge is -2.20. The molecule has 1 aromatic rings. The Morgan fingerprint density at radius 2 is 1.86 bits per heavy atom. The van der Waals surface area contributed by atoms with Crippen LogP contribution in [0.4, 0.5) is 13.2 Å². The Bertz CT molecular complexity index is 932. The van der Waals surface area contributed by atoms with Gasteiger partial charge in [0.2, 0.25) is 5.91 Å². The molecular formula is C22H29F3N4O6. The molecule has 2 rings (SSSR count). The molecule has 0 radical (unpaired) electrons. The molecule has 1 aromatic carbocycles. The van der Waals surface area contributed by atoms with Crippen molar-refractivity contribution in [3.63, 3.8) is 0 Å². The number of halogens is 3. The van der Waals surface area contributed by atoms with Crippen LogP contribution >= 0.6 is 0 Å². The third-order valence-corrected chi connectivity index (χ3v) is 4.68. The lowest BCUT2D eigenvalue weighted by atomic mass is 9.99. The van der Waals surface area contributed by atoms with Crippen molar-refractivity contribution >= 4 is 29.4 Å². The number of oxime groups is 1. The number of ether oxygens (including phenoxy) is 1. The van der Waals surface area contributed by atoms with Crippen LogP contribution in [0.25, 0.3) is 0 Å². The van der Waals surface area contributed by atoms with Gasteiger partial charge in [-0.1, -0.05) is 43.3 Å². The molecule has 5 N–H and O–H groups in total. The smallest absolute Gasteiger partial charge is 0.475 e. The summed E-state index contributed by atoms with van der Waals surface area (Å²) in [7, 11) is 1.34. The van der Waals surface area contributed by atoms with E-state index in [4.69, 9.17) is 30.6 Å². The zero-order chi connectivity index (χ0) is 26.8. The summed E-state index contributed by atoms with van der Waals surface area (Å²) < 4.78 is 36.4. The van der Waals surface area contributed by atoms with Crippen LogP contribution in [0.3, 0.4) is 0 Å². The molecule has 1 aliphatic rings. The van der Waals surface area contributed by atoms with Gasteiger partial charge in [0, 0.05) is 18.0 Å². The molecule has 0 fully saturated rings. The highest BCUT2D eigenvalue weighted by molar-refractivity contribution is 6.02. The van der Waals surface area contributed by atoms with Crippen LogP contribution in [0.5, 0.6) is 0 Å². The summed E-state index contributed by atoms with van der Waals surface area (Å²) in [6.45, 7) is 4.07.